The number of phenols is 1. The Labute approximate surface area is 194 Å². The lowest BCUT2D eigenvalue weighted by molar-refractivity contribution is -0.385. The van der Waals surface area contributed by atoms with Gasteiger partial charge in [-0.3, -0.25) is 14.9 Å². The summed E-state index contributed by atoms with van der Waals surface area (Å²) in [4.78, 5) is 27.8. The molecule has 3 aromatic carbocycles. The Morgan fingerprint density at radius 1 is 1.21 bits per heavy atom. The number of benzene rings is 3. The SMILES string of the molecule is COc1cc(C=NNC(=O)Cn2c(Cc3ccccc3)nc3ccccc32)c(O)c([N+](=O)[O-])c1. The van der Waals surface area contributed by atoms with Crippen LogP contribution in [0.3, 0.4) is 0 Å². The molecule has 10 heteroatoms. The van der Waals surface area contributed by atoms with Gasteiger partial charge in [-0.2, -0.15) is 5.10 Å². The van der Waals surface area contributed by atoms with Crippen LogP contribution in [0.4, 0.5) is 5.69 Å². The molecule has 0 aliphatic rings. The lowest BCUT2D eigenvalue weighted by atomic mass is 10.1. The normalized spacial score (nSPS) is 11.1. The van der Waals surface area contributed by atoms with Crippen LogP contribution in [0.2, 0.25) is 0 Å². The van der Waals surface area contributed by atoms with Crippen LogP contribution in [-0.2, 0) is 17.8 Å². The van der Waals surface area contributed by atoms with E-state index in [4.69, 9.17) is 4.74 Å². The van der Waals surface area contributed by atoms with Gasteiger partial charge in [0, 0.05) is 12.0 Å². The number of aromatic hydroxyl groups is 1. The van der Waals surface area contributed by atoms with Gasteiger partial charge in [0.25, 0.3) is 5.91 Å². The van der Waals surface area contributed by atoms with E-state index in [9.17, 15) is 20.0 Å². The maximum absolute atomic E-state index is 12.7. The van der Waals surface area contributed by atoms with E-state index in [0.717, 1.165) is 34.7 Å². The fraction of sp³-hybridized carbons (Fsp3) is 0.125. The first-order valence-corrected chi connectivity index (χ1v) is 10.3. The summed E-state index contributed by atoms with van der Waals surface area (Å²) in [6, 6.07) is 19.8. The Morgan fingerprint density at radius 3 is 2.68 bits per heavy atom. The molecule has 0 atom stereocenters. The van der Waals surface area contributed by atoms with E-state index in [2.05, 4.69) is 15.5 Å². The van der Waals surface area contributed by atoms with Crippen molar-refractivity contribution < 1.29 is 19.6 Å². The Bertz CT molecular complexity index is 1380. The summed E-state index contributed by atoms with van der Waals surface area (Å²) in [5.41, 5.74) is 4.56. The Balaban J connectivity index is 1.54. The summed E-state index contributed by atoms with van der Waals surface area (Å²) in [7, 11) is 1.35. The van der Waals surface area contributed by atoms with Gasteiger partial charge in [-0.25, -0.2) is 10.4 Å². The monoisotopic (exact) mass is 459 g/mol. The van der Waals surface area contributed by atoms with Crippen LogP contribution < -0.4 is 10.2 Å². The minimum Gasteiger partial charge on any atom is -0.502 e. The molecular weight excluding hydrogens is 438 g/mol. The molecule has 4 aromatic rings. The van der Waals surface area contributed by atoms with Crippen LogP contribution in [-0.4, -0.2) is 38.8 Å². The van der Waals surface area contributed by atoms with Gasteiger partial charge in [0.15, 0.2) is 0 Å². The highest BCUT2D eigenvalue weighted by atomic mass is 16.6. The number of rotatable bonds is 8. The van der Waals surface area contributed by atoms with Crippen LogP contribution in [0.5, 0.6) is 11.5 Å². The lowest BCUT2D eigenvalue weighted by Crippen LogP contribution is -2.24. The highest BCUT2D eigenvalue weighted by molar-refractivity contribution is 5.88. The van der Waals surface area contributed by atoms with Gasteiger partial charge in [-0.1, -0.05) is 42.5 Å². The van der Waals surface area contributed by atoms with E-state index in [1.807, 2.05) is 59.2 Å². The molecule has 4 rings (SSSR count). The summed E-state index contributed by atoms with van der Waals surface area (Å²) >= 11 is 0. The third-order valence-electron chi connectivity index (χ3n) is 5.16. The maximum Gasteiger partial charge on any atom is 0.315 e. The summed E-state index contributed by atoms with van der Waals surface area (Å²) < 4.78 is 6.85. The smallest absolute Gasteiger partial charge is 0.315 e. The molecule has 0 saturated heterocycles. The first-order valence-electron chi connectivity index (χ1n) is 10.3. The minimum absolute atomic E-state index is 0.0317. The number of nitro groups is 1. The molecular formula is C24H21N5O5. The van der Waals surface area contributed by atoms with Crippen molar-refractivity contribution in [2.45, 2.75) is 13.0 Å². The first-order chi connectivity index (χ1) is 16.5. The number of phenolic OH excluding ortho intramolecular Hbond substituents is 1. The average molecular weight is 459 g/mol. The predicted molar refractivity (Wildman–Crippen MR) is 126 cm³/mol. The summed E-state index contributed by atoms with van der Waals surface area (Å²) in [5, 5.41) is 25.1. The number of carbonyl (C=O) groups is 1. The summed E-state index contributed by atoms with van der Waals surface area (Å²) in [6.45, 7) is -0.0374. The molecule has 1 amide bonds. The molecule has 0 bridgehead atoms. The molecule has 1 heterocycles. The molecule has 0 unspecified atom stereocenters. The molecule has 2 N–H and O–H groups in total. The third kappa shape index (κ3) is 4.85. The number of fused-ring (bicyclic) bond motifs is 1. The van der Waals surface area contributed by atoms with Crippen molar-refractivity contribution in [2.24, 2.45) is 5.10 Å². The number of aromatic nitrogens is 2. The number of nitrogens with one attached hydrogen (secondary N) is 1. The van der Waals surface area contributed by atoms with E-state index in [1.54, 1.807) is 0 Å². The number of ether oxygens (including phenoxy) is 1. The topological polar surface area (TPSA) is 132 Å². The van der Waals surface area contributed by atoms with Gasteiger partial charge in [-0.05, 0) is 23.8 Å². The number of hydrazone groups is 1. The van der Waals surface area contributed by atoms with Gasteiger partial charge in [0.05, 0.1) is 35.3 Å². The molecule has 1 aromatic heterocycles. The van der Waals surface area contributed by atoms with Crippen LogP contribution in [0.25, 0.3) is 11.0 Å². The second-order valence-electron chi connectivity index (χ2n) is 7.40. The second kappa shape index (κ2) is 9.82. The number of methoxy groups -OCH3 is 1. The molecule has 0 saturated carbocycles. The fourth-order valence-corrected chi connectivity index (χ4v) is 3.54. The fourth-order valence-electron chi connectivity index (χ4n) is 3.54. The number of imidazole rings is 1. The van der Waals surface area contributed by atoms with Crippen molar-refractivity contribution >= 4 is 28.8 Å². The van der Waals surface area contributed by atoms with Crippen LogP contribution in [0.15, 0.2) is 71.8 Å². The third-order valence-corrected chi connectivity index (χ3v) is 5.16. The number of para-hydroxylation sites is 2. The molecule has 0 spiro atoms. The number of amides is 1. The van der Waals surface area contributed by atoms with Crippen LogP contribution in [0, 0.1) is 10.1 Å². The number of nitro benzene ring substituents is 1. The van der Waals surface area contributed by atoms with Crippen LogP contribution in [0.1, 0.15) is 17.0 Å². The molecule has 0 radical (unpaired) electrons. The zero-order chi connectivity index (χ0) is 24.1. The molecule has 0 fully saturated rings. The number of carbonyl (C=O) groups excluding carboxylic acids is 1. The zero-order valence-electron chi connectivity index (χ0n) is 18.2. The van der Waals surface area contributed by atoms with Crippen molar-refractivity contribution in [3.8, 4) is 11.5 Å². The van der Waals surface area contributed by atoms with E-state index in [-0.39, 0.29) is 17.9 Å². The summed E-state index contributed by atoms with van der Waals surface area (Å²) in [5.74, 6) is -0.0968. The maximum atomic E-state index is 12.7. The molecule has 0 aliphatic carbocycles. The average Bonchev–Trinajstić information content (AvgIpc) is 3.17. The molecule has 0 aliphatic heterocycles. The molecule has 172 valence electrons. The Morgan fingerprint density at radius 2 is 1.94 bits per heavy atom. The highest BCUT2D eigenvalue weighted by Crippen LogP contribution is 2.33. The van der Waals surface area contributed by atoms with Gasteiger partial charge in [0.2, 0.25) is 5.75 Å². The molecule has 34 heavy (non-hydrogen) atoms. The summed E-state index contributed by atoms with van der Waals surface area (Å²) in [6.07, 6.45) is 1.67. The van der Waals surface area contributed by atoms with Gasteiger partial charge in [-0.15, -0.1) is 0 Å². The van der Waals surface area contributed by atoms with Gasteiger partial charge < -0.3 is 14.4 Å². The predicted octanol–water partition coefficient (Wildman–Crippen LogP) is 3.40. The van der Waals surface area contributed by atoms with Crippen molar-refractivity contribution in [2.75, 3.05) is 7.11 Å². The van der Waals surface area contributed by atoms with Crippen molar-refractivity contribution in [1.29, 1.82) is 0 Å². The van der Waals surface area contributed by atoms with E-state index in [1.165, 1.54) is 13.2 Å². The zero-order valence-corrected chi connectivity index (χ0v) is 18.2. The van der Waals surface area contributed by atoms with Crippen molar-refractivity contribution in [3.63, 3.8) is 0 Å². The Hall–Kier alpha value is -4.73. The van der Waals surface area contributed by atoms with Crippen molar-refractivity contribution in [1.82, 2.24) is 15.0 Å². The van der Waals surface area contributed by atoms with E-state index in [0.29, 0.717) is 6.42 Å². The van der Waals surface area contributed by atoms with E-state index >= 15 is 0 Å². The quantitative estimate of drug-likeness (QED) is 0.236. The van der Waals surface area contributed by atoms with Gasteiger partial charge >= 0.3 is 5.69 Å². The van der Waals surface area contributed by atoms with E-state index < -0.39 is 22.3 Å². The standard InChI is InChI=1S/C24H21N5O5/c1-34-18-12-17(24(31)21(13-18)29(32)33)14-25-27-23(30)15-28-20-10-6-5-9-19(20)26-22(28)11-16-7-3-2-4-8-16/h2-10,12-14,31H,11,15H2,1H3,(H,27,30). The van der Waals surface area contributed by atoms with Crippen molar-refractivity contribution in [3.05, 3.63) is 93.8 Å². The van der Waals surface area contributed by atoms with Crippen LogP contribution >= 0.6 is 0 Å². The number of nitrogens with zero attached hydrogens (tertiary/aromatic N) is 4. The first kappa shape index (κ1) is 22.5. The second-order valence-corrected chi connectivity index (χ2v) is 7.40. The number of hydrogen-bond acceptors (Lipinski definition) is 7. The Kier molecular flexibility index (Phi) is 6.49. The molecule has 10 nitrogen and oxygen atoms in total. The largest absolute Gasteiger partial charge is 0.502 e. The highest BCUT2D eigenvalue weighted by Gasteiger charge is 2.19. The minimum atomic E-state index is -0.730. The van der Waals surface area contributed by atoms with Gasteiger partial charge in [0.1, 0.15) is 18.1 Å². The lowest BCUT2D eigenvalue weighted by Gasteiger charge is -2.09. The number of hydrogen-bond donors (Lipinski definition) is 2.